The maximum atomic E-state index is 13.1. The molecule has 0 saturated heterocycles. The zero-order valence-electron chi connectivity index (χ0n) is 10.8. The molecular formula is C14H13BClFO3. The van der Waals surface area contributed by atoms with Gasteiger partial charge in [0.1, 0.15) is 18.2 Å². The molecule has 0 aliphatic heterocycles. The lowest BCUT2D eigenvalue weighted by Crippen LogP contribution is -2.34. The van der Waals surface area contributed by atoms with Gasteiger partial charge in [-0.2, -0.15) is 0 Å². The number of benzene rings is 2. The van der Waals surface area contributed by atoms with Gasteiger partial charge in [0.15, 0.2) is 0 Å². The molecule has 2 aromatic rings. The molecule has 6 heteroatoms. The molecule has 0 heterocycles. The molecule has 0 radical (unpaired) electrons. The van der Waals surface area contributed by atoms with Crippen LogP contribution in [0.3, 0.4) is 0 Å². The van der Waals surface area contributed by atoms with Gasteiger partial charge in [0.05, 0.1) is 5.02 Å². The van der Waals surface area contributed by atoms with Gasteiger partial charge in [-0.3, -0.25) is 0 Å². The monoisotopic (exact) mass is 294 g/mol. The van der Waals surface area contributed by atoms with Crippen LogP contribution in [0.15, 0.2) is 36.4 Å². The minimum absolute atomic E-state index is 0.0659. The molecule has 20 heavy (non-hydrogen) atoms. The summed E-state index contributed by atoms with van der Waals surface area (Å²) in [4.78, 5) is 0. The average Bonchev–Trinajstić information content (AvgIpc) is 2.40. The van der Waals surface area contributed by atoms with Gasteiger partial charge >= 0.3 is 7.12 Å². The van der Waals surface area contributed by atoms with Crippen molar-refractivity contribution in [2.75, 3.05) is 0 Å². The van der Waals surface area contributed by atoms with Crippen molar-refractivity contribution in [2.45, 2.75) is 13.5 Å². The van der Waals surface area contributed by atoms with Crippen molar-refractivity contribution < 1.29 is 19.2 Å². The summed E-state index contributed by atoms with van der Waals surface area (Å²) in [7, 11) is -1.75. The molecule has 0 spiro atoms. The van der Waals surface area contributed by atoms with Gasteiger partial charge in [-0.25, -0.2) is 4.39 Å². The predicted octanol–water partition coefficient (Wildman–Crippen LogP) is 2.05. The molecule has 104 valence electrons. The third-order valence-electron chi connectivity index (χ3n) is 2.86. The third kappa shape index (κ3) is 3.51. The summed E-state index contributed by atoms with van der Waals surface area (Å²) in [5.74, 6) is -0.0418. The Morgan fingerprint density at radius 2 is 1.95 bits per heavy atom. The number of hydrogen-bond acceptors (Lipinski definition) is 3. The molecule has 2 N–H and O–H groups in total. The van der Waals surface area contributed by atoms with Crippen molar-refractivity contribution in [3.63, 3.8) is 0 Å². The van der Waals surface area contributed by atoms with E-state index in [0.717, 1.165) is 11.6 Å². The molecular weight excluding hydrogens is 281 g/mol. The van der Waals surface area contributed by atoms with Crippen molar-refractivity contribution in [3.05, 3.63) is 58.4 Å². The van der Waals surface area contributed by atoms with E-state index in [4.69, 9.17) is 16.3 Å². The summed E-state index contributed by atoms with van der Waals surface area (Å²) >= 11 is 6.01. The highest BCUT2D eigenvalue weighted by molar-refractivity contribution is 6.59. The Labute approximate surface area is 121 Å². The average molecular weight is 295 g/mol. The van der Waals surface area contributed by atoms with Gasteiger partial charge in [-0.1, -0.05) is 23.7 Å². The minimum atomic E-state index is -1.75. The van der Waals surface area contributed by atoms with Gasteiger partial charge in [0, 0.05) is 0 Å². The minimum Gasteiger partial charge on any atom is -0.487 e. The van der Waals surface area contributed by atoms with E-state index in [1.165, 1.54) is 12.1 Å². The van der Waals surface area contributed by atoms with Crippen LogP contribution in [-0.2, 0) is 6.61 Å². The summed E-state index contributed by atoms with van der Waals surface area (Å²) in [5.41, 5.74) is 1.55. The fourth-order valence-corrected chi connectivity index (χ4v) is 1.99. The van der Waals surface area contributed by atoms with Gasteiger partial charge in [0.25, 0.3) is 0 Å². The van der Waals surface area contributed by atoms with E-state index in [1.807, 2.05) is 13.0 Å². The van der Waals surface area contributed by atoms with Gasteiger partial charge in [-0.05, 0) is 47.8 Å². The SMILES string of the molecule is Cc1ccc(Cl)c(OCc2ccc(F)cc2B(O)O)c1. The van der Waals surface area contributed by atoms with Crippen LogP contribution in [0.4, 0.5) is 4.39 Å². The molecule has 2 aromatic carbocycles. The first-order valence-electron chi connectivity index (χ1n) is 6.01. The Bertz CT molecular complexity index is 619. The zero-order valence-corrected chi connectivity index (χ0v) is 11.6. The van der Waals surface area contributed by atoms with Crippen molar-refractivity contribution >= 4 is 24.2 Å². The Balaban J connectivity index is 2.20. The van der Waals surface area contributed by atoms with Gasteiger partial charge < -0.3 is 14.8 Å². The van der Waals surface area contributed by atoms with Crippen LogP contribution in [0.2, 0.25) is 5.02 Å². The molecule has 0 aromatic heterocycles. The maximum Gasteiger partial charge on any atom is 0.488 e. The second-order valence-electron chi connectivity index (χ2n) is 4.44. The molecule has 0 fully saturated rings. The summed E-state index contributed by atoms with van der Waals surface area (Å²) in [5, 5.41) is 18.9. The van der Waals surface area contributed by atoms with Crippen molar-refractivity contribution in [1.82, 2.24) is 0 Å². The second-order valence-corrected chi connectivity index (χ2v) is 4.85. The normalized spacial score (nSPS) is 10.4. The van der Waals surface area contributed by atoms with E-state index in [2.05, 4.69) is 0 Å². The molecule has 0 amide bonds. The van der Waals surface area contributed by atoms with E-state index >= 15 is 0 Å². The highest BCUT2D eigenvalue weighted by atomic mass is 35.5. The number of rotatable bonds is 4. The number of halogens is 2. The summed E-state index contributed by atoms with van der Waals surface area (Å²) < 4.78 is 18.7. The lowest BCUT2D eigenvalue weighted by atomic mass is 9.77. The summed E-state index contributed by atoms with van der Waals surface area (Å²) in [6.45, 7) is 1.97. The molecule has 0 aliphatic carbocycles. The topological polar surface area (TPSA) is 49.7 Å². The van der Waals surface area contributed by atoms with Crippen molar-refractivity contribution in [3.8, 4) is 5.75 Å². The fourth-order valence-electron chi connectivity index (χ4n) is 1.81. The van der Waals surface area contributed by atoms with Crippen LogP contribution in [0.1, 0.15) is 11.1 Å². The Morgan fingerprint density at radius 3 is 2.65 bits per heavy atom. The first-order valence-corrected chi connectivity index (χ1v) is 6.38. The summed E-state index contributed by atoms with van der Waals surface area (Å²) in [6, 6.07) is 9.12. The largest absolute Gasteiger partial charge is 0.488 e. The highest BCUT2D eigenvalue weighted by Gasteiger charge is 2.17. The van der Waals surface area contributed by atoms with Crippen LogP contribution >= 0.6 is 11.6 Å². The number of hydrogen-bond donors (Lipinski definition) is 2. The van der Waals surface area contributed by atoms with Gasteiger partial charge in [-0.15, -0.1) is 0 Å². The smallest absolute Gasteiger partial charge is 0.487 e. The van der Waals surface area contributed by atoms with E-state index in [0.29, 0.717) is 16.3 Å². The van der Waals surface area contributed by atoms with Crippen LogP contribution in [-0.4, -0.2) is 17.2 Å². The standard InChI is InChI=1S/C14H13BClFO3/c1-9-2-5-13(16)14(6-9)20-8-10-3-4-11(17)7-12(10)15(18)19/h2-7,18-19H,8H2,1H3. The molecule has 0 aliphatic rings. The van der Waals surface area contributed by atoms with E-state index in [-0.39, 0.29) is 12.1 Å². The third-order valence-corrected chi connectivity index (χ3v) is 3.17. The molecule has 0 atom stereocenters. The van der Waals surface area contributed by atoms with Crippen LogP contribution in [0.5, 0.6) is 5.75 Å². The molecule has 0 unspecified atom stereocenters. The van der Waals surface area contributed by atoms with Crippen LogP contribution < -0.4 is 10.2 Å². The first kappa shape index (κ1) is 14.8. The Kier molecular flexibility index (Phi) is 4.65. The lowest BCUT2D eigenvalue weighted by Gasteiger charge is -2.12. The zero-order chi connectivity index (χ0) is 14.7. The first-order chi connectivity index (χ1) is 9.47. The summed E-state index contributed by atoms with van der Waals surface area (Å²) in [6.07, 6.45) is 0. The maximum absolute atomic E-state index is 13.1. The number of ether oxygens (including phenoxy) is 1. The second kappa shape index (κ2) is 6.26. The Morgan fingerprint density at radius 1 is 1.20 bits per heavy atom. The van der Waals surface area contributed by atoms with Crippen LogP contribution in [0.25, 0.3) is 0 Å². The van der Waals surface area contributed by atoms with Crippen molar-refractivity contribution in [2.24, 2.45) is 0 Å². The van der Waals surface area contributed by atoms with Gasteiger partial charge in [0.2, 0.25) is 0 Å². The number of aryl methyl sites for hydroxylation is 1. The fraction of sp³-hybridized carbons (Fsp3) is 0.143. The Hall–Kier alpha value is -1.56. The lowest BCUT2D eigenvalue weighted by molar-refractivity contribution is 0.306. The van der Waals surface area contributed by atoms with E-state index in [1.54, 1.807) is 12.1 Å². The van der Waals surface area contributed by atoms with E-state index in [9.17, 15) is 14.4 Å². The molecule has 2 rings (SSSR count). The highest BCUT2D eigenvalue weighted by Crippen LogP contribution is 2.26. The predicted molar refractivity (Wildman–Crippen MR) is 76.7 cm³/mol. The molecule has 0 saturated carbocycles. The van der Waals surface area contributed by atoms with Crippen LogP contribution in [0, 0.1) is 12.7 Å². The molecule has 3 nitrogen and oxygen atoms in total. The van der Waals surface area contributed by atoms with Crippen molar-refractivity contribution in [1.29, 1.82) is 0 Å². The van der Waals surface area contributed by atoms with E-state index < -0.39 is 12.9 Å². The molecule has 0 bridgehead atoms. The quantitative estimate of drug-likeness (QED) is 0.849.